The van der Waals surface area contributed by atoms with Crippen molar-refractivity contribution in [3.8, 4) is 0 Å². The van der Waals surface area contributed by atoms with Crippen molar-refractivity contribution < 1.29 is 14.3 Å². The van der Waals surface area contributed by atoms with Gasteiger partial charge in [0.2, 0.25) is 0 Å². The molecule has 1 aliphatic heterocycles. The van der Waals surface area contributed by atoms with Gasteiger partial charge in [0, 0.05) is 6.61 Å². The monoisotopic (exact) mass is 175 g/mol. The highest BCUT2D eigenvalue weighted by Gasteiger charge is 2.14. The Morgan fingerprint density at radius 1 is 1.58 bits per heavy atom. The first-order chi connectivity index (χ1) is 5.83. The zero-order chi connectivity index (χ0) is 8.81. The Morgan fingerprint density at radius 3 is 3.00 bits per heavy atom. The van der Waals surface area contributed by atoms with Crippen molar-refractivity contribution in [2.45, 2.75) is 38.6 Å². The Labute approximate surface area is 72.9 Å². The molecule has 2 atom stereocenters. The number of nitrogens with two attached hydrogens (primary N) is 1. The van der Waals surface area contributed by atoms with Crippen molar-refractivity contribution >= 4 is 0 Å². The van der Waals surface area contributed by atoms with E-state index in [9.17, 15) is 0 Å². The zero-order valence-electron chi connectivity index (χ0n) is 7.49. The molecule has 1 rings (SSSR count). The van der Waals surface area contributed by atoms with Crippen LogP contribution in [0.3, 0.4) is 0 Å². The summed E-state index contributed by atoms with van der Waals surface area (Å²) in [5.74, 6) is 4.97. The Hall–Kier alpha value is -0.160. The molecule has 0 saturated carbocycles. The molecule has 1 heterocycles. The summed E-state index contributed by atoms with van der Waals surface area (Å²) in [6, 6.07) is 0. The molecule has 72 valence electrons. The van der Waals surface area contributed by atoms with Crippen molar-refractivity contribution in [1.82, 2.24) is 0 Å². The summed E-state index contributed by atoms with van der Waals surface area (Å²) >= 11 is 0. The smallest absolute Gasteiger partial charge is 0.157 e. The molecule has 1 saturated heterocycles. The molecule has 0 bridgehead atoms. The maximum atomic E-state index is 5.41. The van der Waals surface area contributed by atoms with Crippen LogP contribution in [0, 0.1) is 0 Å². The van der Waals surface area contributed by atoms with Gasteiger partial charge >= 0.3 is 0 Å². The molecule has 4 heteroatoms. The van der Waals surface area contributed by atoms with Crippen LogP contribution < -0.4 is 5.90 Å². The second kappa shape index (κ2) is 5.48. The molecule has 0 amide bonds. The number of hydrogen-bond acceptors (Lipinski definition) is 4. The lowest BCUT2D eigenvalue weighted by Crippen LogP contribution is -2.28. The Bertz CT molecular complexity index is 115. The highest BCUT2D eigenvalue weighted by atomic mass is 16.7. The number of ether oxygens (including phenoxy) is 2. The second-order valence-corrected chi connectivity index (χ2v) is 3.08. The van der Waals surface area contributed by atoms with E-state index in [0.717, 1.165) is 19.4 Å². The van der Waals surface area contributed by atoms with E-state index in [1.54, 1.807) is 0 Å². The van der Waals surface area contributed by atoms with Crippen LogP contribution in [0.5, 0.6) is 0 Å². The lowest BCUT2D eigenvalue weighted by Gasteiger charge is -2.23. The van der Waals surface area contributed by atoms with E-state index in [1.807, 2.05) is 6.92 Å². The van der Waals surface area contributed by atoms with Gasteiger partial charge in [-0.05, 0) is 26.2 Å². The molecule has 2 unspecified atom stereocenters. The maximum Gasteiger partial charge on any atom is 0.157 e. The van der Waals surface area contributed by atoms with Crippen molar-refractivity contribution in [2.75, 3.05) is 13.2 Å². The molecule has 1 fully saturated rings. The van der Waals surface area contributed by atoms with Gasteiger partial charge in [0.1, 0.15) is 0 Å². The van der Waals surface area contributed by atoms with E-state index in [2.05, 4.69) is 4.84 Å². The molecule has 1 aliphatic rings. The summed E-state index contributed by atoms with van der Waals surface area (Å²) in [4.78, 5) is 4.56. The van der Waals surface area contributed by atoms with E-state index in [4.69, 9.17) is 15.4 Å². The normalized spacial score (nSPS) is 27.0. The van der Waals surface area contributed by atoms with Gasteiger partial charge in [0.25, 0.3) is 0 Å². The molecule has 2 N–H and O–H groups in total. The average Bonchev–Trinajstić information content (AvgIpc) is 2.16. The molecule has 0 aromatic heterocycles. The molecule has 12 heavy (non-hydrogen) atoms. The minimum absolute atomic E-state index is 0.0450. The maximum absolute atomic E-state index is 5.41. The van der Waals surface area contributed by atoms with Crippen molar-refractivity contribution in [2.24, 2.45) is 5.90 Å². The minimum Gasteiger partial charge on any atom is -0.353 e. The molecule has 0 radical (unpaired) electrons. The first-order valence-electron chi connectivity index (χ1n) is 4.41. The summed E-state index contributed by atoms with van der Waals surface area (Å²) in [5, 5.41) is 0. The van der Waals surface area contributed by atoms with Gasteiger partial charge in [-0.2, -0.15) is 0 Å². The van der Waals surface area contributed by atoms with E-state index in [-0.39, 0.29) is 12.4 Å². The third-order valence-electron chi connectivity index (χ3n) is 1.89. The largest absolute Gasteiger partial charge is 0.353 e. The van der Waals surface area contributed by atoms with Crippen LogP contribution in [0.1, 0.15) is 26.2 Å². The van der Waals surface area contributed by atoms with Crippen LogP contribution in [0.4, 0.5) is 0 Å². The van der Waals surface area contributed by atoms with Gasteiger partial charge in [0.05, 0.1) is 12.7 Å². The fraction of sp³-hybridized carbons (Fsp3) is 1.00. The molecule has 0 aromatic carbocycles. The molecular formula is C8H17NO3. The highest BCUT2D eigenvalue weighted by molar-refractivity contribution is 4.55. The molecule has 0 aromatic rings. The van der Waals surface area contributed by atoms with Crippen LogP contribution >= 0.6 is 0 Å². The fourth-order valence-electron chi connectivity index (χ4n) is 1.12. The summed E-state index contributed by atoms with van der Waals surface area (Å²) in [5.41, 5.74) is 0. The predicted octanol–water partition coefficient (Wildman–Crippen LogP) is 0.808. The first kappa shape index (κ1) is 9.92. The topological polar surface area (TPSA) is 53.7 Å². The van der Waals surface area contributed by atoms with Crippen molar-refractivity contribution in [3.63, 3.8) is 0 Å². The molecule has 0 spiro atoms. The van der Waals surface area contributed by atoms with Crippen LogP contribution in [-0.2, 0) is 14.3 Å². The molecule has 0 aliphatic carbocycles. The van der Waals surface area contributed by atoms with Crippen molar-refractivity contribution in [3.05, 3.63) is 0 Å². The van der Waals surface area contributed by atoms with E-state index in [1.165, 1.54) is 6.42 Å². The van der Waals surface area contributed by atoms with E-state index in [0.29, 0.717) is 6.61 Å². The number of rotatable bonds is 4. The van der Waals surface area contributed by atoms with Crippen LogP contribution in [0.2, 0.25) is 0 Å². The standard InChI is InChI=1S/C8H17NO3/c1-7(12-9)6-11-8-4-2-3-5-10-8/h7-8H,2-6,9H2,1H3. The Kier molecular flexibility index (Phi) is 4.53. The predicted molar refractivity (Wildman–Crippen MR) is 44.3 cm³/mol. The van der Waals surface area contributed by atoms with E-state index < -0.39 is 0 Å². The third-order valence-corrected chi connectivity index (χ3v) is 1.89. The number of hydrogen-bond donors (Lipinski definition) is 1. The minimum atomic E-state index is -0.0597. The van der Waals surface area contributed by atoms with E-state index >= 15 is 0 Å². The Balaban J connectivity index is 2.05. The van der Waals surface area contributed by atoms with Gasteiger partial charge < -0.3 is 9.47 Å². The quantitative estimate of drug-likeness (QED) is 0.642. The van der Waals surface area contributed by atoms with Crippen molar-refractivity contribution in [1.29, 1.82) is 0 Å². The second-order valence-electron chi connectivity index (χ2n) is 3.08. The summed E-state index contributed by atoms with van der Waals surface area (Å²) in [7, 11) is 0. The first-order valence-corrected chi connectivity index (χ1v) is 4.41. The van der Waals surface area contributed by atoms with Gasteiger partial charge in [0.15, 0.2) is 6.29 Å². The lowest BCUT2D eigenvalue weighted by molar-refractivity contribution is -0.178. The van der Waals surface area contributed by atoms with Gasteiger partial charge in [-0.25, -0.2) is 5.90 Å². The lowest BCUT2D eigenvalue weighted by atomic mass is 10.2. The average molecular weight is 175 g/mol. The van der Waals surface area contributed by atoms with Crippen LogP contribution in [0.15, 0.2) is 0 Å². The van der Waals surface area contributed by atoms with Crippen LogP contribution in [-0.4, -0.2) is 25.6 Å². The summed E-state index contributed by atoms with van der Waals surface area (Å²) in [6.45, 7) is 3.17. The van der Waals surface area contributed by atoms with Gasteiger partial charge in [-0.15, -0.1) is 0 Å². The Morgan fingerprint density at radius 2 is 2.42 bits per heavy atom. The molecular weight excluding hydrogens is 158 g/mol. The van der Waals surface area contributed by atoms with Gasteiger partial charge in [-0.3, -0.25) is 4.84 Å². The summed E-state index contributed by atoms with van der Waals surface area (Å²) < 4.78 is 10.8. The SMILES string of the molecule is CC(COC1CCCCO1)ON. The van der Waals surface area contributed by atoms with Gasteiger partial charge in [-0.1, -0.05) is 0 Å². The summed E-state index contributed by atoms with van der Waals surface area (Å²) in [6.07, 6.45) is 3.20. The molecule has 4 nitrogen and oxygen atoms in total. The fourth-order valence-corrected chi connectivity index (χ4v) is 1.12. The highest BCUT2D eigenvalue weighted by Crippen LogP contribution is 2.13. The van der Waals surface area contributed by atoms with Crippen LogP contribution in [0.25, 0.3) is 0 Å². The zero-order valence-corrected chi connectivity index (χ0v) is 7.49. The third kappa shape index (κ3) is 3.49.